The SMILES string of the molecule is Cc1cccc(O)c1C/C=C/C1=CCCC(C#N)=C1. The molecule has 0 bridgehead atoms. The minimum absolute atomic E-state index is 0.343. The van der Waals surface area contributed by atoms with E-state index in [4.69, 9.17) is 5.26 Å². The summed E-state index contributed by atoms with van der Waals surface area (Å²) < 4.78 is 0. The van der Waals surface area contributed by atoms with Crippen molar-refractivity contribution in [3.63, 3.8) is 0 Å². The van der Waals surface area contributed by atoms with Gasteiger partial charge < -0.3 is 5.11 Å². The Balaban J connectivity index is 2.07. The Hall–Kier alpha value is -2.27. The van der Waals surface area contributed by atoms with E-state index in [1.165, 1.54) is 0 Å². The molecule has 1 aliphatic rings. The molecule has 0 fully saturated rings. The molecule has 19 heavy (non-hydrogen) atoms. The topological polar surface area (TPSA) is 44.0 Å². The summed E-state index contributed by atoms with van der Waals surface area (Å²) in [5, 5.41) is 18.7. The maximum atomic E-state index is 9.80. The zero-order valence-corrected chi connectivity index (χ0v) is 11.1. The first-order chi connectivity index (χ1) is 9.20. The van der Waals surface area contributed by atoms with Gasteiger partial charge in [0.2, 0.25) is 0 Å². The van der Waals surface area contributed by atoms with Gasteiger partial charge in [-0.25, -0.2) is 0 Å². The normalized spacial score (nSPS) is 14.9. The zero-order chi connectivity index (χ0) is 13.7. The molecule has 0 amide bonds. The Bertz CT molecular complexity index is 580. The van der Waals surface area contributed by atoms with Crippen molar-refractivity contribution in [1.29, 1.82) is 5.26 Å². The van der Waals surface area contributed by atoms with Crippen molar-refractivity contribution in [3.8, 4) is 11.8 Å². The van der Waals surface area contributed by atoms with Crippen molar-refractivity contribution in [2.45, 2.75) is 26.2 Å². The number of aromatic hydroxyl groups is 1. The number of nitriles is 1. The van der Waals surface area contributed by atoms with Crippen LogP contribution in [0, 0.1) is 18.3 Å². The number of phenolic OH excluding ortho intramolecular Hbond substituents is 1. The molecule has 0 heterocycles. The fourth-order valence-corrected chi connectivity index (χ4v) is 2.20. The molecule has 0 aliphatic heterocycles. The van der Waals surface area contributed by atoms with Gasteiger partial charge in [-0.1, -0.05) is 30.4 Å². The summed E-state index contributed by atoms with van der Waals surface area (Å²) in [6, 6.07) is 7.77. The first kappa shape index (κ1) is 13.2. The summed E-state index contributed by atoms with van der Waals surface area (Å²) in [5.41, 5.74) is 3.96. The number of phenols is 1. The highest BCUT2D eigenvalue weighted by Gasteiger charge is 2.04. The summed E-state index contributed by atoms with van der Waals surface area (Å²) in [6.07, 6.45) is 10.6. The molecule has 0 saturated heterocycles. The largest absolute Gasteiger partial charge is 0.508 e. The van der Waals surface area contributed by atoms with E-state index in [-0.39, 0.29) is 0 Å². The summed E-state index contributed by atoms with van der Waals surface area (Å²) in [4.78, 5) is 0. The number of allylic oxidation sites excluding steroid dienone is 6. The van der Waals surface area contributed by atoms with Gasteiger partial charge in [-0.2, -0.15) is 5.26 Å². The molecule has 0 unspecified atom stereocenters. The summed E-state index contributed by atoms with van der Waals surface area (Å²) >= 11 is 0. The predicted molar refractivity (Wildman–Crippen MR) is 76.7 cm³/mol. The lowest BCUT2D eigenvalue weighted by Gasteiger charge is -2.07. The van der Waals surface area contributed by atoms with E-state index in [1.807, 2.05) is 37.3 Å². The third-order valence-corrected chi connectivity index (χ3v) is 3.30. The molecule has 1 aromatic rings. The van der Waals surface area contributed by atoms with Crippen LogP contribution in [0.3, 0.4) is 0 Å². The third-order valence-electron chi connectivity index (χ3n) is 3.30. The molecular weight excluding hydrogens is 234 g/mol. The Morgan fingerprint density at radius 3 is 3.00 bits per heavy atom. The third kappa shape index (κ3) is 3.35. The van der Waals surface area contributed by atoms with Crippen LogP contribution in [0.4, 0.5) is 0 Å². The van der Waals surface area contributed by atoms with Crippen molar-refractivity contribution in [1.82, 2.24) is 0 Å². The fourth-order valence-electron chi connectivity index (χ4n) is 2.20. The molecule has 0 radical (unpaired) electrons. The molecule has 0 spiro atoms. The van der Waals surface area contributed by atoms with Crippen molar-refractivity contribution in [2.75, 3.05) is 0 Å². The van der Waals surface area contributed by atoms with E-state index in [0.717, 1.165) is 35.1 Å². The lowest BCUT2D eigenvalue weighted by Crippen LogP contribution is -1.90. The fraction of sp³-hybridized carbons (Fsp3) is 0.235. The molecule has 2 nitrogen and oxygen atoms in total. The Kier molecular flexibility index (Phi) is 4.20. The van der Waals surface area contributed by atoms with Crippen molar-refractivity contribution in [2.24, 2.45) is 0 Å². The van der Waals surface area contributed by atoms with Gasteiger partial charge in [-0.15, -0.1) is 0 Å². The van der Waals surface area contributed by atoms with Crippen LogP contribution >= 0.6 is 0 Å². The molecule has 1 aliphatic carbocycles. The number of hydrogen-bond acceptors (Lipinski definition) is 2. The van der Waals surface area contributed by atoms with Gasteiger partial charge in [-0.3, -0.25) is 0 Å². The van der Waals surface area contributed by atoms with Gasteiger partial charge >= 0.3 is 0 Å². The zero-order valence-electron chi connectivity index (χ0n) is 11.1. The number of nitrogens with zero attached hydrogens (tertiary/aromatic N) is 1. The summed E-state index contributed by atoms with van der Waals surface area (Å²) in [7, 11) is 0. The average Bonchev–Trinajstić information content (AvgIpc) is 2.42. The monoisotopic (exact) mass is 251 g/mol. The second-order valence-corrected chi connectivity index (χ2v) is 4.70. The maximum absolute atomic E-state index is 9.80. The highest BCUT2D eigenvalue weighted by atomic mass is 16.3. The van der Waals surface area contributed by atoms with Crippen molar-refractivity contribution in [3.05, 3.63) is 64.8 Å². The first-order valence-electron chi connectivity index (χ1n) is 6.45. The minimum Gasteiger partial charge on any atom is -0.508 e. The van der Waals surface area contributed by atoms with E-state index >= 15 is 0 Å². The number of rotatable bonds is 3. The minimum atomic E-state index is 0.343. The Morgan fingerprint density at radius 1 is 1.42 bits per heavy atom. The molecule has 0 aromatic heterocycles. The van der Waals surface area contributed by atoms with Gasteiger partial charge in [0.1, 0.15) is 5.75 Å². The van der Waals surface area contributed by atoms with Gasteiger partial charge in [0.05, 0.1) is 6.07 Å². The van der Waals surface area contributed by atoms with E-state index in [1.54, 1.807) is 6.07 Å². The van der Waals surface area contributed by atoms with Crippen molar-refractivity contribution < 1.29 is 5.11 Å². The van der Waals surface area contributed by atoms with Gasteiger partial charge in [-0.05, 0) is 49.5 Å². The quantitative estimate of drug-likeness (QED) is 0.883. The molecule has 0 atom stereocenters. The molecule has 2 heteroatoms. The van der Waals surface area contributed by atoms with Crippen LogP contribution < -0.4 is 0 Å². The molecule has 1 aromatic carbocycles. The van der Waals surface area contributed by atoms with E-state index in [9.17, 15) is 5.11 Å². The van der Waals surface area contributed by atoms with Gasteiger partial charge in [0.15, 0.2) is 0 Å². The number of hydrogen-bond donors (Lipinski definition) is 1. The first-order valence-corrected chi connectivity index (χ1v) is 6.45. The molecule has 1 N–H and O–H groups in total. The summed E-state index contributed by atoms with van der Waals surface area (Å²) in [5.74, 6) is 0.343. The van der Waals surface area contributed by atoms with Crippen LogP contribution in [0.15, 0.2) is 53.6 Å². The second-order valence-electron chi connectivity index (χ2n) is 4.70. The van der Waals surface area contributed by atoms with E-state index in [0.29, 0.717) is 12.2 Å². The van der Waals surface area contributed by atoms with E-state index < -0.39 is 0 Å². The lowest BCUT2D eigenvalue weighted by atomic mass is 9.99. The van der Waals surface area contributed by atoms with Crippen LogP contribution in [-0.2, 0) is 6.42 Å². The smallest absolute Gasteiger partial charge is 0.119 e. The maximum Gasteiger partial charge on any atom is 0.119 e. The molecule has 0 saturated carbocycles. The van der Waals surface area contributed by atoms with Crippen LogP contribution in [0.1, 0.15) is 24.0 Å². The molecule has 96 valence electrons. The molecule has 2 rings (SSSR count). The van der Waals surface area contributed by atoms with Crippen LogP contribution in [-0.4, -0.2) is 5.11 Å². The Labute approximate surface area is 114 Å². The second kappa shape index (κ2) is 6.06. The number of aryl methyl sites for hydroxylation is 1. The average molecular weight is 251 g/mol. The van der Waals surface area contributed by atoms with Crippen LogP contribution in [0.5, 0.6) is 5.75 Å². The van der Waals surface area contributed by atoms with Crippen LogP contribution in [0.2, 0.25) is 0 Å². The van der Waals surface area contributed by atoms with Crippen molar-refractivity contribution >= 4 is 0 Å². The highest BCUT2D eigenvalue weighted by molar-refractivity contribution is 5.43. The van der Waals surface area contributed by atoms with Gasteiger partial charge in [0, 0.05) is 11.1 Å². The van der Waals surface area contributed by atoms with E-state index in [2.05, 4.69) is 12.1 Å². The standard InChI is InChI=1S/C17H17NO/c1-13-5-2-10-17(19)16(13)9-4-7-14-6-3-8-15(11-14)12-18/h2,4-7,10-11,19H,3,8-9H2,1H3/b7-4+. The summed E-state index contributed by atoms with van der Waals surface area (Å²) in [6.45, 7) is 2.00. The molecular formula is C17H17NO. The highest BCUT2D eigenvalue weighted by Crippen LogP contribution is 2.22. The van der Waals surface area contributed by atoms with Gasteiger partial charge in [0.25, 0.3) is 0 Å². The van der Waals surface area contributed by atoms with Crippen LogP contribution in [0.25, 0.3) is 0 Å². The lowest BCUT2D eigenvalue weighted by molar-refractivity contribution is 0.469. The Morgan fingerprint density at radius 2 is 2.26 bits per heavy atom. The predicted octanol–water partition coefficient (Wildman–Crippen LogP) is 3.97. The number of benzene rings is 1.